The first-order chi connectivity index (χ1) is 14.1. The number of H-pyrrole nitrogens is 1. The summed E-state index contributed by atoms with van der Waals surface area (Å²) >= 11 is 6.46. The van der Waals surface area contributed by atoms with Gasteiger partial charge >= 0.3 is 0 Å². The van der Waals surface area contributed by atoms with Crippen LogP contribution in [0.2, 0.25) is 5.02 Å². The highest BCUT2D eigenvalue weighted by Gasteiger charge is 2.49. The molecule has 0 unspecified atom stereocenters. The number of fused-ring (bicyclic) bond motifs is 4. The predicted molar refractivity (Wildman–Crippen MR) is 115 cm³/mol. The zero-order chi connectivity index (χ0) is 20.0. The summed E-state index contributed by atoms with van der Waals surface area (Å²) in [5, 5.41) is 8.26. The number of carbonyl (C=O) groups is 1. The topological polar surface area (TPSA) is 52.2 Å². The molecule has 5 nitrogen and oxygen atoms in total. The van der Waals surface area contributed by atoms with E-state index >= 15 is 0 Å². The van der Waals surface area contributed by atoms with Crippen molar-refractivity contribution in [2.24, 2.45) is 17.8 Å². The number of aromatic nitrogens is 2. The van der Waals surface area contributed by atoms with E-state index < -0.39 is 0 Å². The van der Waals surface area contributed by atoms with E-state index in [-0.39, 0.29) is 0 Å². The molecule has 3 saturated heterocycles. The van der Waals surface area contributed by atoms with Gasteiger partial charge in [-0.1, -0.05) is 43.7 Å². The Morgan fingerprint density at radius 2 is 1.90 bits per heavy atom. The van der Waals surface area contributed by atoms with Gasteiger partial charge < -0.3 is 4.90 Å². The molecule has 1 aliphatic carbocycles. The Balaban J connectivity index is 1.36. The first-order valence-corrected chi connectivity index (χ1v) is 12.2. The number of nitrogens with zero attached hydrogens (tertiary/aromatic N) is 3. The van der Waals surface area contributed by atoms with Crippen molar-refractivity contribution in [3.63, 3.8) is 0 Å². The molecule has 1 aromatic heterocycles. The van der Waals surface area contributed by atoms with E-state index in [1.54, 1.807) is 0 Å². The van der Waals surface area contributed by atoms with Crippen LogP contribution in [0.3, 0.4) is 0 Å². The van der Waals surface area contributed by atoms with Gasteiger partial charge in [-0.3, -0.25) is 14.8 Å². The Kier molecular flexibility index (Phi) is 5.63. The number of carbonyl (C=O) groups excluding carboxylic acids is 1. The molecule has 5 rings (SSSR count). The Morgan fingerprint density at radius 3 is 2.66 bits per heavy atom. The SMILES string of the molecule is Cc1[nH]nc(CN2C[C@H]3C[C@@H](C2)[C@H](CC2CCCCC2)N2C(=O)CCC[C@@H]32)c1Cl. The fraction of sp³-hybridized carbons (Fsp3) is 0.826. The van der Waals surface area contributed by atoms with Gasteiger partial charge in [0.25, 0.3) is 0 Å². The van der Waals surface area contributed by atoms with Crippen LogP contribution in [-0.2, 0) is 11.3 Å². The molecule has 4 heterocycles. The Labute approximate surface area is 179 Å². The van der Waals surface area contributed by atoms with Gasteiger partial charge in [-0.05, 0) is 50.4 Å². The zero-order valence-corrected chi connectivity index (χ0v) is 18.5. The molecule has 3 aliphatic heterocycles. The third kappa shape index (κ3) is 3.85. The Morgan fingerprint density at radius 1 is 1.10 bits per heavy atom. The number of nitrogens with one attached hydrogen (secondary N) is 1. The van der Waals surface area contributed by atoms with Crippen LogP contribution in [-0.4, -0.2) is 51.1 Å². The summed E-state index contributed by atoms with van der Waals surface area (Å²) in [6, 6.07) is 0.909. The molecule has 1 aromatic rings. The third-order valence-corrected chi connectivity index (χ3v) is 8.69. The number of halogens is 1. The molecule has 160 valence electrons. The number of amides is 1. The van der Waals surface area contributed by atoms with Crippen LogP contribution in [0.15, 0.2) is 0 Å². The van der Waals surface area contributed by atoms with Gasteiger partial charge in [-0.2, -0.15) is 5.10 Å². The van der Waals surface area contributed by atoms with Gasteiger partial charge in [0.2, 0.25) is 5.91 Å². The molecule has 6 heteroatoms. The monoisotopic (exact) mass is 418 g/mol. The molecular formula is C23H35ClN4O. The highest BCUT2D eigenvalue weighted by molar-refractivity contribution is 6.31. The second-order valence-corrected chi connectivity index (χ2v) is 10.5. The number of likely N-dealkylation sites (tertiary alicyclic amines) is 1. The lowest BCUT2D eigenvalue weighted by atomic mass is 9.69. The van der Waals surface area contributed by atoms with E-state index in [1.165, 1.54) is 51.4 Å². The highest BCUT2D eigenvalue weighted by atomic mass is 35.5. The van der Waals surface area contributed by atoms with E-state index in [4.69, 9.17) is 11.6 Å². The maximum Gasteiger partial charge on any atom is 0.223 e. The molecular weight excluding hydrogens is 384 g/mol. The summed E-state index contributed by atoms with van der Waals surface area (Å²) in [6.45, 7) is 4.96. The van der Waals surface area contributed by atoms with Crippen molar-refractivity contribution in [3.05, 3.63) is 16.4 Å². The summed E-state index contributed by atoms with van der Waals surface area (Å²) < 4.78 is 0. The van der Waals surface area contributed by atoms with Crippen molar-refractivity contribution >= 4 is 17.5 Å². The highest BCUT2D eigenvalue weighted by Crippen LogP contribution is 2.45. The van der Waals surface area contributed by atoms with E-state index in [2.05, 4.69) is 20.0 Å². The van der Waals surface area contributed by atoms with Crippen molar-refractivity contribution in [2.75, 3.05) is 13.1 Å². The van der Waals surface area contributed by atoms with Gasteiger partial charge in [0, 0.05) is 38.1 Å². The average Bonchev–Trinajstić information content (AvgIpc) is 3.04. The maximum atomic E-state index is 13.0. The Hall–Kier alpha value is -1.07. The predicted octanol–water partition coefficient (Wildman–Crippen LogP) is 4.54. The molecule has 4 atom stereocenters. The molecule has 29 heavy (non-hydrogen) atoms. The maximum absolute atomic E-state index is 13.0. The van der Waals surface area contributed by atoms with Crippen LogP contribution < -0.4 is 0 Å². The van der Waals surface area contributed by atoms with Crippen LogP contribution in [0.1, 0.15) is 75.6 Å². The van der Waals surface area contributed by atoms with Gasteiger partial charge in [0.05, 0.1) is 16.4 Å². The average molecular weight is 419 g/mol. The minimum Gasteiger partial charge on any atom is -0.336 e. The molecule has 0 aromatic carbocycles. The molecule has 2 bridgehead atoms. The normalized spacial score (nSPS) is 33.7. The second kappa shape index (κ2) is 8.22. The number of hydrogen-bond donors (Lipinski definition) is 1. The fourth-order valence-electron chi connectivity index (χ4n) is 6.85. The van der Waals surface area contributed by atoms with Crippen LogP contribution >= 0.6 is 11.6 Å². The van der Waals surface area contributed by atoms with Gasteiger partial charge in [0.15, 0.2) is 0 Å². The van der Waals surface area contributed by atoms with Crippen molar-refractivity contribution in [1.82, 2.24) is 20.0 Å². The Bertz CT molecular complexity index is 743. The third-order valence-electron chi connectivity index (χ3n) is 8.19. The molecule has 0 spiro atoms. The number of rotatable bonds is 4. The van der Waals surface area contributed by atoms with Crippen LogP contribution in [0.25, 0.3) is 0 Å². The van der Waals surface area contributed by atoms with Gasteiger partial charge in [-0.25, -0.2) is 0 Å². The van der Waals surface area contributed by atoms with E-state index in [0.717, 1.165) is 54.8 Å². The van der Waals surface area contributed by atoms with E-state index in [0.29, 0.717) is 29.8 Å². The first-order valence-electron chi connectivity index (χ1n) is 11.8. The number of aromatic amines is 1. The van der Waals surface area contributed by atoms with Crippen molar-refractivity contribution in [1.29, 1.82) is 0 Å². The lowest BCUT2D eigenvalue weighted by Gasteiger charge is -2.57. The summed E-state index contributed by atoms with van der Waals surface area (Å²) in [4.78, 5) is 18.0. The summed E-state index contributed by atoms with van der Waals surface area (Å²) in [6.07, 6.45) is 12.5. The molecule has 1 N–H and O–H groups in total. The molecule has 1 amide bonds. The number of piperidine rings is 3. The molecule has 4 fully saturated rings. The quantitative estimate of drug-likeness (QED) is 0.780. The first kappa shape index (κ1) is 19.9. The summed E-state index contributed by atoms with van der Waals surface area (Å²) in [7, 11) is 0. The van der Waals surface area contributed by atoms with Crippen molar-refractivity contribution < 1.29 is 4.79 Å². The summed E-state index contributed by atoms with van der Waals surface area (Å²) in [5.41, 5.74) is 1.93. The fourth-order valence-corrected chi connectivity index (χ4v) is 7.00. The van der Waals surface area contributed by atoms with Gasteiger partial charge in [0.1, 0.15) is 0 Å². The standard InChI is InChI=1S/C23H35ClN4O/c1-15-23(24)19(26-25-15)14-27-12-17-11-18(13-27)21(10-16-6-3-2-4-7-16)28-20(17)8-5-9-22(28)29/h16-18,20-21H,2-14H2,1H3,(H,25,26)/t17-,18+,20+,21+/m1/s1. The lowest BCUT2D eigenvalue weighted by molar-refractivity contribution is -0.154. The molecule has 0 radical (unpaired) electrons. The smallest absolute Gasteiger partial charge is 0.223 e. The van der Waals surface area contributed by atoms with Crippen molar-refractivity contribution in [3.8, 4) is 0 Å². The minimum atomic E-state index is 0.441. The van der Waals surface area contributed by atoms with Crippen molar-refractivity contribution in [2.45, 2.75) is 89.8 Å². The van der Waals surface area contributed by atoms with E-state index in [9.17, 15) is 4.79 Å². The molecule has 1 saturated carbocycles. The summed E-state index contributed by atoms with van der Waals surface area (Å²) in [5.74, 6) is 2.47. The largest absolute Gasteiger partial charge is 0.336 e. The number of hydrogen-bond acceptors (Lipinski definition) is 3. The number of aryl methyl sites for hydroxylation is 1. The molecule has 4 aliphatic rings. The van der Waals surface area contributed by atoms with Gasteiger partial charge in [-0.15, -0.1) is 0 Å². The van der Waals surface area contributed by atoms with Crippen LogP contribution in [0.5, 0.6) is 0 Å². The minimum absolute atomic E-state index is 0.441. The second-order valence-electron chi connectivity index (χ2n) is 10.1. The zero-order valence-electron chi connectivity index (χ0n) is 17.7. The van der Waals surface area contributed by atoms with E-state index in [1.807, 2.05) is 6.92 Å². The van der Waals surface area contributed by atoms with Crippen LogP contribution in [0, 0.1) is 24.7 Å². The lowest BCUT2D eigenvalue weighted by Crippen LogP contribution is -2.65. The van der Waals surface area contributed by atoms with Crippen LogP contribution in [0.4, 0.5) is 0 Å².